The summed E-state index contributed by atoms with van der Waals surface area (Å²) in [6.45, 7) is 4.32. The molecule has 252 valence electrons. The van der Waals surface area contributed by atoms with Crippen molar-refractivity contribution in [3.05, 3.63) is 191 Å². The summed E-state index contributed by atoms with van der Waals surface area (Å²) in [5.74, 6) is 0. The lowest BCUT2D eigenvalue weighted by Gasteiger charge is -2.31. The Hall–Kier alpha value is -6.06. The summed E-state index contributed by atoms with van der Waals surface area (Å²) in [6, 6.07) is 57.8. The average Bonchev–Trinajstić information content (AvgIpc) is 3.86. The Labute approximate surface area is 305 Å². The van der Waals surface area contributed by atoms with Crippen LogP contribution < -0.4 is 9.80 Å². The van der Waals surface area contributed by atoms with Crippen LogP contribution in [0, 0.1) is 13.8 Å². The Morgan fingerprint density at radius 1 is 0.462 bits per heavy atom. The first-order chi connectivity index (χ1) is 25.6. The lowest BCUT2D eigenvalue weighted by Crippen LogP contribution is -2.22. The summed E-state index contributed by atoms with van der Waals surface area (Å²) >= 11 is 0. The van der Waals surface area contributed by atoms with Crippen LogP contribution in [0.25, 0.3) is 21.9 Å². The van der Waals surface area contributed by atoms with E-state index in [9.17, 15) is 0 Å². The van der Waals surface area contributed by atoms with E-state index in [2.05, 4.69) is 181 Å². The number of aryl methyl sites for hydroxylation is 4. The smallest absolute Gasteiger partial charge is 0.135 e. The molecule has 7 aromatic carbocycles. The highest BCUT2D eigenvalue weighted by atomic mass is 16.3. The molecule has 52 heavy (non-hydrogen) atoms. The van der Waals surface area contributed by atoms with Crippen molar-refractivity contribution in [1.82, 2.24) is 0 Å². The highest BCUT2D eigenvalue weighted by Gasteiger charge is 2.45. The largest absolute Gasteiger partial charge is 0.456 e. The topological polar surface area (TPSA) is 19.6 Å². The third-order valence-corrected chi connectivity index (χ3v) is 11.6. The van der Waals surface area contributed by atoms with Crippen LogP contribution in [-0.2, 0) is 18.3 Å². The van der Waals surface area contributed by atoms with E-state index in [4.69, 9.17) is 4.42 Å². The van der Waals surface area contributed by atoms with Crippen molar-refractivity contribution in [3.8, 4) is 0 Å². The predicted octanol–water partition coefficient (Wildman–Crippen LogP) is 13.3. The van der Waals surface area contributed by atoms with Gasteiger partial charge in [-0.1, -0.05) is 72.8 Å². The Balaban J connectivity index is 1.11. The molecule has 10 rings (SSSR count). The van der Waals surface area contributed by atoms with Crippen molar-refractivity contribution >= 4 is 56.1 Å². The zero-order valence-electron chi connectivity index (χ0n) is 29.6. The number of benzene rings is 7. The van der Waals surface area contributed by atoms with Gasteiger partial charge in [-0.3, -0.25) is 0 Å². The highest BCUT2D eigenvalue weighted by molar-refractivity contribution is 6.08. The fraction of sp³-hybridized carbons (Fsp3) is 0.143. The number of fused-ring (bicyclic) bond motifs is 7. The van der Waals surface area contributed by atoms with Gasteiger partial charge in [-0.25, -0.2) is 0 Å². The Bertz CT molecular complexity index is 2560. The van der Waals surface area contributed by atoms with Crippen LogP contribution in [0.5, 0.6) is 0 Å². The molecule has 0 saturated carbocycles. The third-order valence-electron chi connectivity index (χ3n) is 11.6. The highest BCUT2D eigenvalue weighted by Crippen LogP contribution is 2.55. The molecule has 0 unspecified atom stereocenters. The van der Waals surface area contributed by atoms with Gasteiger partial charge in [0, 0.05) is 50.3 Å². The van der Waals surface area contributed by atoms with Crippen LogP contribution in [0.4, 0.5) is 34.1 Å². The summed E-state index contributed by atoms with van der Waals surface area (Å²) in [5.41, 5.74) is 17.2. The van der Waals surface area contributed by atoms with Crippen LogP contribution >= 0.6 is 0 Å². The van der Waals surface area contributed by atoms with Gasteiger partial charge in [0.2, 0.25) is 0 Å². The number of hydrogen-bond acceptors (Lipinski definition) is 3. The van der Waals surface area contributed by atoms with E-state index in [-0.39, 0.29) is 5.41 Å². The number of anilines is 6. The quantitative estimate of drug-likeness (QED) is 0.175. The Morgan fingerprint density at radius 3 is 1.48 bits per heavy atom. The molecule has 1 atom stereocenters. The molecular formula is C49H40N2O. The van der Waals surface area contributed by atoms with Gasteiger partial charge < -0.3 is 14.2 Å². The van der Waals surface area contributed by atoms with E-state index in [0.717, 1.165) is 53.6 Å². The van der Waals surface area contributed by atoms with Crippen LogP contribution in [0.15, 0.2) is 162 Å². The molecule has 1 spiro atoms. The number of para-hydroxylation sites is 3. The summed E-state index contributed by atoms with van der Waals surface area (Å²) in [6.07, 6.45) is 4.46. The fourth-order valence-corrected chi connectivity index (χ4v) is 9.28. The molecule has 0 saturated heterocycles. The van der Waals surface area contributed by atoms with Crippen molar-refractivity contribution in [2.24, 2.45) is 0 Å². The summed E-state index contributed by atoms with van der Waals surface area (Å²) in [7, 11) is 0. The van der Waals surface area contributed by atoms with Gasteiger partial charge in [-0.2, -0.15) is 0 Å². The van der Waals surface area contributed by atoms with Gasteiger partial charge in [0.15, 0.2) is 0 Å². The van der Waals surface area contributed by atoms with Crippen LogP contribution in [0.3, 0.4) is 0 Å². The lowest BCUT2D eigenvalue weighted by molar-refractivity contribution is 0.507. The minimum atomic E-state index is -0.0161. The molecule has 1 heterocycles. The first-order valence-electron chi connectivity index (χ1n) is 18.5. The maximum absolute atomic E-state index is 6.38. The van der Waals surface area contributed by atoms with Crippen LogP contribution in [0.1, 0.15) is 46.2 Å². The number of hydrogen-bond donors (Lipinski definition) is 0. The minimum absolute atomic E-state index is 0.0161. The van der Waals surface area contributed by atoms with Crippen molar-refractivity contribution in [1.29, 1.82) is 0 Å². The van der Waals surface area contributed by atoms with Gasteiger partial charge in [0.1, 0.15) is 11.2 Å². The van der Waals surface area contributed by atoms with Crippen LogP contribution in [-0.4, -0.2) is 0 Å². The zero-order valence-corrected chi connectivity index (χ0v) is 29.6. The molecule has 8 aromatic rings. The molecular weight excluding hydrogens is 633 g/mol. The lowest BCUT2D eigenvalue weighted by atomic mass is 9.76. The summed E-state index contributed by atoms with van der Waals surface area (Å²) in [5, 5.41) is 2.35. The molecule has 1 aromatic heterocycles. The zero-order chi connectivity index (χ0) is 34.8. The van der Waals surface area contributed by atoms with E-state index in [1.807, 2.05) is 0 Å². The van der Waals surface area contributed by atoms with E-state index in [1.165, 1.54) is 61.5 Å². The molecule has 2 aliphatic carbocycles. The van der Waals surface area contributed by atoms with Crippen molar-refractivity contribution in [3.63, 3.8) is 0 Å². The fourth-order valence-electron chi connectivity index (χ4n) is 9.28. The van der Waals surface area contributed by atoms with Crippen molar-refractivity contribution in [2.75, 3.05) is 9.80 Å². The molecule has 2 aliphatic rings. The molecule has 0 amide bonds. The molecule has 0 radical (unpaired) electrons. The minimum Gasteiger partial charge on any atom is -0.456 e. The second-order valence-corrected chi connectivity index (χ2v) is 14.7. The Morgan fingerprint density at radius 2 is 0.942 bits per heavy atom. The number of furan rings is 1. The normalized spacial score (nSPS) is 16.0. The predicted molar refractivity (Wildman–Crippen MR) is 216 cm³/mol. The van der Waals surface area contributed by atoms with Gasteiger partial charge in [-0.15, -0.1) is 0 Å². The molecule has 3 heteroatoms. The van der Waals surface area contributed by atoms with Gasteiger partial charge >= 0.3 is 0 Å². The van der Waals surface area contributed by atoms with Gasteiger partial charge in [-0.05, 0) is 158 Å². The second-order valence-electron chi connectivity index (χ2n) is 14.7. The summed E-state index contributed by atoms with van der Waals surface area (Å²) < 4.78 is 6.38. The Kier molecular flexibility index (Phi) is 7.11. The maximum Gasteiger partial charge on any atom is 0.135 e. The van der Waals surface area contributed by atoms with E-state index < -0.39 is 0 Å². The molecule has 3 nitrogen and oxygen atoms in total. The van der Waals surface area contributed by atoms with Crippen molar-refractivity contribution in [2.45, 2.75) is 44.9 Å². The van der Waals surface area contributed by atoms with Gasteiger partial charge in [0.05, 0.1) is 0 Å². The van der Waals surface area contributed by atoms with E-state index >= 15 is 0 Å². The van der Waals surface area contributed by atoms with E-state index in [1.54, 1.807) is 0 Å². The first kappa shape index (κ1) is 30.7. The maximum atomic E-state index is 6.38. The van der Waals surface area contributed by atoms with Gasteiger partial charge in [0.25, 0.3) is 0 Å². The first-order valence-corrected chi connectivity index (χ1v) is 18.5. The third kappa shape index (κ3) is 4.87. The van der Waals surface area contributed by atoms with Crippen molar-refractivity contribution < 1.29 is 4.42 Å². The standard InChI is InChI=1S/C49H40N2O/c1-33-28-34(2)48-43-30-40(22-23-46(43)52-47(48)29-33)51(39-16-10-5-11-17-39)42-21-19-36-25-27-49(45(36)32-42)26-24-35-18-20-41(31-44(35)49)50(37-12-6-3-7-13-37)38-14-8-4-9-15-38/h3-23,28-32H,24-27H2,1-2H3/t49-/m1/s1. The molecule has 0 N–H and O–H groups in total. The van der Waals surface area contributed by atoms with Crippen LogP contribution in [0.2, 0.25) is 0 Å². The summed E-state index contributed by atoms with van der Waals surface area (Å²) in [4.78, 5) is 4.82. The molecule has 0 aliphatic heterocycles. The molecule has 0 fully saturated rings. The SMILES string of the molecule is Cc1cc(C)c2c(c1)oc1ccc(N(c3ccccc3)c3ccc4c(c3)[C@]3(CCc5ccc(N(c6ccccc6)c6ccccc6)cc53)CC4)cc12. The molecule has 0 bridgehead atoms. The number of rotatable bonds is 6. The average molecular weight is 673 g/mol. The van der Waals surface area contributed by atoms with E-state index in [0.29, 0.717) is 0 Å². The monoisotopic (exact) mass is 672 g/mol. The second kappa shape index (κ2) is 12.0. The number of nitrogens with zero attached hydrogens (tertiary/aromatic N) is 2.